The van der Waals surface area contributed by atoms with Crippen LogP contribution in [0.4, 0.5) is 4.39 Å². The molecule has 2 heterocycles. The predicted octanol–water partition coefficient (Wildman–Crippen LogP) is 1.76. The lowest BCUT2D eigenvalue weighted by Crippen LogP contribution is -2.53. The average molecular weight is 378 g/mol. The summed E-state index contributed by atoms with van der Waals surface area (Å²) in [4.78, 5) is 38.7. The predicted molar refractivity (Wildman–Crippen MR) is 94.0 cm³/mol. The minimum absolute atomic E-state index is 0.0922. The number of likely N-dealkylation sites (tertiary alicyclic amines) is 2. The fourth-order valence-electron chi connectivity index (χ4n) is 3.98. The summed E-state index contributed by atoms with van der Waals surface area (Å²) in [5, 5.41) is 8.98. The van der Waals surface area contributed by atoms with Crippen LogP contribution in [-0.4, -0.2) is 66.0 Å². The van der Waals surface area contributed by atoms with E-state index in [2.05, 4.69) is 0 Å². The number of nitrogens with zero attached hydrogens (tertiary/aromatic N) is 2. The summed E-state index contributed by atoms with van der Waals surface area (Å²) in [6.45, 7) is 1.13. The third-order valence-electron chi connectivity index (χ3n) is 5.58. The van der Waals surface area contributed by atoms with E-state index in [1.165, 1.54) is 24.1 Å². The van der Waals surface area contributed by atoms with E-state index in [4.69, 9.17) is 9.84 Å². The Labute approximate surface area is 156 Å². The number of aliphatic carboxylic acids is 1. The van der Waals surface area contributed by atoms with E-state index >= 15 is 0 Å². The normalized spacial score (nSPS) is 19.3. The second kappa shape index (κ2) is 7.54. The number of carboxylic acids is 1. The monoisotopic (exact) mass is 378 g/mol. The smallest absolute Gasteiger partial charge is 0.323 e. The highest BCUT2D eigenvalue weighted by atomic mass is 19.1. The minimum Gasteiger partial charge on any atom is -0.494 e. The Morgan fingerprint density at radius 3 is 2.56 bits per heavy atom. The number of benzene rings is 1. The molecular weight excluding hydrogens is 355 g/mol. The molecule has 0 radical (unpaired) electrons. The third kappa shape index (κ3) is 4.04. The molecule has 1 aromatic carbocycles. The second-order valence-corrected chi connectivity index (χ2v) is 7.29. The quantitative estimate of drug-likeness (QED) is 0.863. The molecule has 146 valence electrons. The summed E-state index contributed by atoms with van der Waals surface area (Å²) in [6.07, 6.45) is 2.44. The lowest BCUT2D eigenvalue weighted by atomic mass is 9.72. The van der Waals surface area contributed by atoms with Gasteiger partial charge in [-0.3, -0.25) is 14.4 Å². The van der Waals surface area contributed by atoms with Crippen LogP contribution in [0.25, 0.3) is 0 Å². The van der Waals surface area contributed by atoms with Crippen LogP contribution < -0.4 is 4.74 Å². The lowest BCUT2D eigenvalue weighted by molar-refractivity contribution is -0.149. The van der Waals surface area contributed by atoms with Crippen LogP contribution in [0.1, 0.15) is 36.0 Å². The zero-order chi connectivity index (χ0) is 19.6. The van der Waals surface area contributed by atoms with E-state index in [1.54, 1.807) is 11.0 Å². The summed E-state index contributed by atoms with van der Waals surface area (Å²) < 4.78 is 18.7. The zero-order valence-electron chi connectivity index (χ0n) is 15.2. The SMILES string of the molecule is COc1ccc(C(=O)N2CCC3(CCC(=O)N(CC(=O)O)C3)CC2)cc1F. The Kier molecular flexibility index (Phi) is 5.34. The molecule has 8 heteroatoms. The highest BCUT2D eigenvalue weighted by molar-refractivity contribution is 5.94. The standard InChI is InChI=1S/C19H23FN2O5/c1-27-15-3-2-13(10-14(15)20)18(26)21-8-6-19(7-9-21)5-4-16(23)22(12-19)11-17(24)25/h2-3,10H,4-9,11-12H2,1H3,(H,24,25). The fraction of sp³-hybridized carbons (Fsp3) is 0.526. The number of halogens is 1. The van der Waals surface area contributed by atoms with Crippen LogP contribution in [0.5, 0.6) is 5.75 Å². The maximum atomic E-state index is 13.9. The van der Waals surface area contributed by atoms with Gasteiger partial charge in [-0.25, -0.2) is 4.39 Å². The Morgan fingerprint density at radius 2 is 1.96 bits per heavy atom. The van der Waals surface area contributed by atoms with Crippen LogP contribution in [0.2, 0.25) is 0 Å². The molecule has 1 spiro atoms. The molecular formula is C19H23FN2O5. The van der Waals surface area contributed by atoms with Crippen molar-refractivity contribution in [1.82, 2.24) is 9.80 Å². The van der Waals surface area contributed by atoms with Crippen molar-refractivity contribution in [2.45, 2.75) is 25.7 Å². The molecule has 2 fully saturated rings. The van der Waals surface area contributed by atoms with E-state index < -0.39 is 11.8 Å². The largest absolute Gasteiger partial charge is 0.494 e. The van der Waals surface area contributed by atoms with Gasteiger partial charge in [-0.1, -0.05) is 0 Å². The molecule has 1 aromatic rings. The van der Waals surface area contributed by atoms with E-state index in [0.29, 0.717) is 45.3 Å². The Morgan fingerprint density at radius 1 is 1.26 bits per heavy atom. The van der Waals surface area contributed by atoms with Gasteiger partial charge in [0.15, 0.2) is 11.6 Å². The summed E-state index contributed by atoms with van der Waals surface area (Å²) in [5.41, 5.74) is 0.126. The first-order valence-corrected chi connectivity index (χ1v) is 8.96. The summed E-state index contributed by atoms with van der Waals surface area (Å²) in [5.74, 6) is -1.87. The summed E-state index contributed by atoms with van der Waals surface area (Å²) in [6, 6.07) is 4.16. The maximum absolute atomic E-state index is 13.9. The van der Waals surface area contributed by atoms with Crippen molar-refractivity contribution >= 4 is 17.8 Å². The topological polar surface area (TPSA) is 87.2 Å². The number of rotatable bonds is 4. The van der Waals surface area contributed by atoms with Crippen molar-refractivity contribution in [2.24, 2.45) is 5.41 Å². The molecule has 0 aromatic heterocycles. The van der Waals surface area contributed by atoms with Gasteiger partial charge < -0.3 is 19.6 Å². The van der Waals surface area contributed by atoms with Crippen molar-refractivity contribution in [1.29, 1.82) is 0 Å². The molecule has 0 atom stereocenters. The van der Waals surface area contributed by atoms with Gasteiger partial charge in [-0.05, 0) is 42.9 Å². The van der Waals surface area contributed by atoms with E-state index in [0.717, 1.165) is 0 Å². The number of carbonyl (C=O) groups excluding carboxylic acids is 2. The molecule has 27 heavy (non-hydrogen) atoms. The van der Waals surface area contributed by atoms with Gasteiger partial charge in [0.25, 0.3) is 5.91 Å². The van der Waals surface area contributed by atoms with Crippen molar-refractivity contribution in [3.8, 4) is 5.75 Å². The number of carboxylic acid groups (broad SMARTS) is 1. The Balaban J connectivity index is 1.64. The van der Waals surface area contributed by atoms with Crippen molar-refractivity contribution in [3.05, 3.63) is 29.6 Å². The molecule has 2 amide bonds. The van der Waals surface area contributed by atoms with Crippen molar-refractivity contribution < 1.29 is 28.6 Å². The lowest BCUT2D eigenvalue weighted by Gasteiger charge is -2.47. The summed E-state index contributed by atoms with van der Waals surface area (Å²) in [7, 11) is 1.37. The Bertz CT molecular complexity index is 758. The Hall–Kier alpha value is -2.64. The minimum atomic E-state index is -1.02. The number of hydrogen-bond donors (Lipinski definition) is 1. The van der Waals surface area contributed by atoms with Gasteiger partial charge in [0.1, 0.15) is 6.54 Å². The highest BCUT2D eigenvalue weighted by Gasteiger charge is 2.42. The van der Waals surface area contributed by atoms with Gasteiger partial charge in [0, 0.05) is 31.6 Å². The molecule has 0 saturated carbocycles. The van der Waals surface area contributed by atoms with Crippen LogP contribution in [0.3, 0.4) is 0 Å². The first-order chi connectivity index (χ1) is 12.8. The molecule has 0 bridgehead atoms. The van der Waals surface area contributed by atoms with Crippen LogP contribution >= 0.6 is 0 Å². The molecule has 7 nitrogen and oxygen atoms in total. The van der Waals surface area contributed by atoms with Crippen LogP contribution in [0, 0.1) is 11.2 Å². The first-order valence-electron chi connectivity index (χ1n) is 8.96. The summed E-state index contributed by atoms with van der Waals surface area (Å²) >= 11 is 0. The number of carbonyl (C=O) groups is 3. The number of hydrogen-bond acceptors (Lipinski definition) is 4. The van der Waals surface area contributed by atoms with Gasteiger partial charge in [0.2, 0.25) is 5.91 Å². The van der Waals surface area contributed by atoms with E-state index in [1.807, 2.05) is 0 Å². The van der Waals surface area contributed by atoms with Crippen molar-refractivity contribution in [2.75, 3.05) is 33.3 Å². The van der Waals surface area contributed by atoms with E-state index in [-0.39, 0.29) is 35.1 Å². The third-order valence-corrected chi connectivity index (χ3v) is 5.58. The second-order valence-electron chi connectivity index (χ2n) is 7.29. The fourth-order valence-corrected chi connectivity index (χ4v) is 3.98. The molecule has 0 unspecified atom stereocenters. The van der Waals surface area contributed by atoms with Gasteiger partial charge in [-0.15, -0.1) is 0 Å². The number of amides is 2. The number of ether oxygens (including phenoxy) is 1. The molecule has 2 aliphatic heterocycles. The zero-order valence-corrected chi connectivity index (χ0v) is 15.2. The molecule has 0 aliphatic carbocycles. The van der Waals surface area contributed by atoms with Gasteiger partial charge in [0.05, 0.1) is 7.11 Å². The first kappa shape index (κ1) is 19.1. The highest BCUT2D eigenvalue weighted by Crippen LogP contribution is 2.40. The molecule has 2 aliphatic rings. The number of piperidine rings is 2. The van der Waals surface area contributed by atoms with Crippen molar-refractivity contribution in [3.63, 3.8) is 0 Å². The van der Waals surface area contributed by atoms with Crippen LogP contribution in [-0.2, 0) is 9.59 Å². The van der Waals surface area contributed by atoms with E-state index in [9.17, 15) is 18.8 Å². The average Bonchev–Trinajstić information content (AvgIpc) is 2.64. The van der Waals surface area contributed by atoms with Gasteiger partial charge >= 0.3 is 5.97 Å². The number of methoxy groups -OCH3 is 1. The van der Waals surface area contributed by atoms with Crippen LogP contribution in [0.15, 0.2) is 18.2 Å². The molecule has 2 saturated heterocycles. The molecule has 3 rings (SSSR count). The van der Waals surface area contributed by atoms with Gasteiger partial charge in [-0.2, -0.15) is 0 Å². The maximum Gasteiger partial charge on any atom is 0.323 e. The molecule has 1 N–H and O–H groups in total.